The van der Waals surface area contributed by atoms with Crippen LogP contribution in [0.4, 0.5) is 0 Å². The normalized spacial score (nSPS) is 12.7. The molecule has 0 aromatic heterocycles. The van der Waals surface area contributed by atoms with Crippen molar-refractivity contribution in [3.8, 4) is 44.5 Å². The van der Waals surface area contributed by atoms with Crippen LogP contribution in [0, 0.1) is 27.7 Å². The monoisotopic (exact) mass is 432 g/mol. The summed E-state index contributed by atoms with van der Waals surface area (Å²) in [5.74, 6) is 0. The van der Waals surface area contributed by atoms with Crippen LogP contribution in [0.25, 0.3) is 76.8 Å². The molecule has 34 heavy (non-hydrogen) atoms. The summed E-state index contributed by atoms with van der Waals surface area (Å²) in [7, 11) is 0. The van der Waals surface area contributed by atoms with E-state index in [1.54, 1.807) is 0 Å². The quantitative estimate of drug-likeness (QED) is 0.224. The number of fused-ring (bicyclic) bond motifs is 8. The highest BCUT2D eigenvalue weighted by Crippen LogP contribution is 2.59. The largest absolute Gasteiger partial charge is 0.0616 e. The minimum Gasteiger partial charge on any atom is -0.0616 e. The van der Waals surface area contributed by atoms with Crippen molar-refractivity contribution in [3.63, 3.8) is 0 Å². The lowest BCUT2D eigenvalue weighted by molar-refractivity contribution is 1.46. The van der Waals surface area contributed by atoms with E-state index in [2.05, 4.69) is 100 Å². The molecule has 0 bridgehead atoms. The van der Waals surface area contributed by atoms with Gasteiger partial charge in [0.05, 0.1) is 0 Å². The highest BCUT2D eigenvalue weighted by molar-refractivity contribution is 6.29. The number of rotatable bonds is 0. The van der Waals surface area contributed by atoms with Gasteiger partial charge in [-0.2, -0.15) is 0 Å². The maximum absolute atomic E-state index is 2.40. The van der Waals surface area contributed by atoms with E-state index >= 15 is 0 Å². The molecule has 0 N–H and O–H groups in total. The molecule has 0 fully saturated rings. The fourth-order valence-electron chi connectivity index (χ4n) is 7.24. The number of hydrogen-bond acceptors (Lipinski definition) is 0. The van der Waals surface area contributed by atoms with E-state index in [4.69, 9.17) is 0 Å². The first-order valence-electron chi connectivity index (χ1n) is 12.2. The van der Waals surface area contributed by atoms with Crippen molar-refractivity contribution in [2.45, 2.75) is 27.7 Å². The van der Waals surface area contributed by atoms with Crippen LogP contribution in [0.1, 0.15) is 22.3 Å². The third kappa shape index (κ3) is 1.90. The standard InChI is InChI=1S/C34H24/c1-17-21-9-5-6-10-22(21)18(2)30-26-15-16-28-32-20(4)24-12-8-7-11-23(24)19(3)31(32)27-14-13-25(29(17)30)33(26)34(27)28/h5-16H,1-4H3. The first-order valence-corrected chi connectivity index (χ1v) is 12.2. The maximum atomic E-state index is 2.40. The first kappa shape index (κ1) is 18.5. The Morgan fingerprint density at radius 3 is 0.794 bits per heavy atom. The minimum atomic E-state index is 1.38. The Labute approximate surface area is 199 Å². The molecule has 0 saturated heterocycles. The fraction of sp³-hybridized carbons (Fsp3) is 0.118. The number of benzene rings is 6. The lowest BCUT2D eigenvalue weighted by Gasteiger charge is -2.16. The summed E-state index contributed by atoms with van der Waals surface area (Å²) in [5.41, 5.74) is 17.0. The van der Waals surface area contributed by atoms with Crippen LogP contribution in [-0.4, -0.2) is 0 Å². The van der Waals surface area contributed by atoms with Crippen LogP contribution >= 0.6 is 0 Å². The van der Waals surface area contributed by atoms with Gasteiger partial charge in [0.25, 0.3) is 0 Å². The zero-order valence-corrected chi connectivity index (χ0v) is 19.9. The van der Waals surface area contributed by atoms with Crippen LogP contribution in [0.3, 0.4) is 0 Å². The molecule has 0 atom stereocenters. The zero-order valence-electron chi connectivity index (χ0n) is 19.9. The third-order valence-corrected chi connectivity index (χ3v) is 8.71. The van der Waals surface area contributed by atoms with E-state index in [-0.39, 0.29) is 0 Å². The van der Waals surface area contributed by atoms with Crippen LogP contribution in [0.15, 0.2) is 72.8 Å². The first-order chi connectivity index (χ1) is 16.6. The van der Waals surface area contributed by atoms with Crippen molar-refractivity contribution in [1.82, 2.24) is 0 Å². The molecule has 0 saturated carbocycles. The molecule has 0 heterocycles. The highest BCUT2D eigenvalue weighted by Gasteiger charge is 2.33. The van der Waals surface area contributed by atoms with Crippen LogP contribution in [-0.2, 0) is 0 Å². The third-order valence-electron chi connectivity index (χ3n) is 8.71. The fourth-order valence-corrected chi connectivity index (χ4v) is 7.24. The second-order valence-corrected chi connectivity index (χ2v) is 10.2. The van der Waals surface area contributed by atoms with Gasteiger partial charge < -0.3 is 0 Å². The molecule has 0 heteroatoms. The molecule has 2 aliphatic rings. The predicted octanol–water partition coefficient (Wildman–Crippen LogP) is 9.67. The van der Waals surface area contributed by atoms with Gasteiger partial charge in [0.2, 0.25) is 0 Å². The van der Waals surface area contributed by atoms with Crippen molar-refractivity contribution >= 4 is 32.3 Å². The summed E-state index contributed by atoms with van der Waals surface area (Å²) in [5, 5.41) is 8.40. The van der Waals surface area contributed by atoms with Gasteiger partial charge in [-0.05, 0) is 127 Å². The van der Waals surface area contributed by atoms with Crippen LogP contribution in [0.5, 0.6) is 0 Å². The maximum Gasteiger partial charge on any atom is -0.00137 e. The number of aryl methyl sites for hydroxylation is 4. The van der Waals surface area contributed by atoms with Gasteiger partial charge in [-0.15, -0.1) is 0 Å². The topological polar surface area (TPSA) is 0 Å². The van der Waals surface area contributed by atoms with Gasteiger partial charge in [0.1, 0.15) is 0 Å². The molecule has 6 aromatic carbocycles. The second kappa shape index (κ2) is 5.96. The lowest BCUT2D eigenvalue weighted by atomic mass is 9.87. The molecule has 8 rings (SSSR count). The molecule has 0 radical (unpaired) electrons. The molecule has 160 valence electrons. The highest BCUT2D eigenvalue weighted by atomic mass is 14.4. The minimum absolute atomic E-state index is 1.38. The Morgan fingerprint density at radius 2 is 0.559 bits per heavy atom. The van der Waals surface area contributed by atoms with Gasteiger partial charge in [-0.1, -0.05) is 72.8 Å². The lowest BCUT2D eigenvalue weighted by Crippen LogP contribution is -1.92. The Hall–Kier alpha value is -3.90. The van der Waals surface area contributed by atoms with Crippen LogP contribution in [0.2, 0.25) is 0 Å². The predicted molar refractivity (Wildman–Crippen MR) is 147 cm³/mol. The van der Waals surface area contributed by atoms with Crippen molar-refractivity contribution in [2.24, 2.45) is 0 Å². The summed E-state index contributed by atoms with van der Waals surface area (Å²) >= 11 is 0. The average molecular weight is 433 g/mol. The van der Waals surface area contributed by atoms with Gasteiger partial charge >= 0.3 is 0 Å². The Kier molecular flexibility index (Phi) is 3.25. The SMILES string of the molecule is Cc1c2c(c(C)c3ccccc13)-c1ccc3c4c(ccc-2c14)-c1c-3c(C)c2ccccc2c1C. The molecule has 0 aliphatic heterocycles. The van der Waals surface area contributed by atoms with E-state index in [0.717, 1.165) is 0 Å². The number of hydrogen-bond donors (Lipinski definition) is 0. The van der Waals surface area contributed by atoms with Crippen LogP contribution < -0.4 is 0 Å². The van der Waals surface area contributed by atoms with Crippen molar-refractivity contribution in [3.05, 3.63) is 95.1 Å². The second-order valence-electron chi connectivity index (χ2n) is 10.2. The summed E-state index contributed by atoms with van der Waals surface area (Å²) in [6, 6.07) is 27.4. The van der Waals surface area contributed by atoms with E-state index in [1.165, 1.54) is 99.1 Å². The molecule has 2 aliphatic carbocycles. The zero-order chi connectivity index (χ0) is 22.9. The van der Waals surface area contributed by atoms with Crippen molar-refractivity contribution in [1.29, 1.82) is 0 Å². The molecule has 0 nitrogen and oxygen atoms in total. The van der Waals surface area contributed by atoms with Gasteiger partial charge in [-0.25, -0.2) is 0 Å². The Morgan fingerprint density at radius 1 is 0.324 bits per heavy atom. The van der Waals surface area contributed by atoms with E-state index < -0.39 is 0 Å². The van der Waals surface area contributed by atoms with Crippen molar-refractivity contribution < 1.29 is 0 Å². The Bertz CT molecular complexity index is 1650. The summed E-state index contributed by atoms with van der Waals surface area (Å²) in [4.78, 5) is 0. The van der Waals surface area contributed by atoms with Gasteiger partial charge in [-0.3, -0.25) is 0 Å². The molecular weight excluding hydrogens is 408 g/mol. The molecular formula is C34H24. The van der Waals surface area contributed by atoms with E-state index in [0.29, 0.717) is 0 Å². The molecule has 6 aromatic rings. The molecule has 0 spiro atoms. The summed E-state index contributed by atoms with van der Waals surface area (Å²) < 4.78 is 0. The molecule has 0 amide bonds. The van der Waals surface area contributed by atoms with Gasteiger partial charge in [0.15, 0.2) is 0 Å². The van der Waals surface area contributed by atoms with E-state index in [9.17, 15) is 0 Å². The Balaban J connectivity index is 1.57. The molecule has 0 unspecified atom stereocenters. The van der Waals surface area contributed by atoms with E-state index in [1.807, 2.05) is 0 Å². The summed E-state index contributed by atoms with van der Waals surface area (Å²) in [6.07, 6.45) is 0. The smallest absolute Gasteiger partial charge is 0.00137 e. The summed E-state index contributed by atoms with van der Waals surface area (Å²) in [6.45, 7) is 9.23. The average Bonchev–Trinajstić information content (AvgIpc) is 3.39. The van der Waals surface area contributed by atoms with Crippen molar-refractivity contribution in [2.75, 3.05) is 0 Å². The van der Waals surface area contributed by atoms with Gasteiger partial charge in [0, 0.05) is 0 Å².